The lowest BCUT2D eigenvalue weighted by Crippen LogP contribution is -2.49. The summed E-state index contributed by atoms with van der Waals surface area (Å²) in [4.78, 5) is 16.6. The Labute approximate surface area is 192 Å². The lowest BCUT2D eigenvalue weighted by atomic mass is 9.47. The maximum absolute atomic E-state index is 12.3. The van der Waals surface area contributed by atoms with Crippen molar-refractivity contribution in [1.29, 1.82) is 0 Å². The van der Waals surface area contributed by atoms with Crippen molar-refractivity contribution < 1.29 is 4.79 Å². The number of carbonyl (C=O) groups is 1. The Kier molecular flexibility index (Phi) is 4.78. The van der Waals surface area contributed by atoms with Gasteiger partial charge in [-0.3, -0.25) is 4.79 Å². The third kappa shape index (κ3) is 3.01. The number of amides is 1. The van der Waals surface area contributed by atoms with E-state index in [1.165, 1.54) is 49.8 Å². The quantitative estimate of drug-likeness (QED) is 0.588. The number of hydrogen-bond acceptors (Lipinski definition) is 2. The summed E-state index contributed by atoms with van der Waals surface area (Å²) in [7, 11) is 0. The van der Waals surface area contributed by atoms with Crippen molar-refractivity contribution in [2.24, 2.45) is 34.5 Å². The van der Waals surface area contributed by atoms with E-state index in [0.717, 1.165) is 43.4 Å². The van der Waals surface area contributed by atoms with Crippen LogP contribution in [-0.4, -0.2) is 15.5 Å². The molecule has 1 N–H and O–H groups in total. The second-order valence-electron chi connectivity index (χ2n) is 11.6. The van der Waals surface area contributed by atoms with E-state index in [2.05, 4.69) is 53.3 Å². The molecule has 0 aromatic carbocycles. The van der Waals surface area contributed by atoms with E-state index >= 15 is 0 Å². The largest absolute Gasteiger partial charge is 0.332 e. The number of aromatic nitrogens is 2. The Morgan fingerprint density at radius 2 is 2.00 bits per heavy atom. The minimum atomic E-state index is 0.240. The zero-order chi connectivity index (χ0) is 21.9. The van der Waals surface area contributed by atoms with Crippen LogP contribution < -0.4 is 5.32 Å². The van der Waals surface area contributed by atoms with Crippen LogP contribution in [-0.2, 0) is 4.79 Å². The van der Waals surface area contributed by atoms with Gasteiger partial charge >= 0.3 is 0 Å². The highest BCUT2D eigenvalue weighted by Gasteiger charge is 2.56. The number of imidazole rings is 1. The lowest BCUT2D eigenvalue weighted by molar-refractivity contribution is -0.126. The number of fused-ring (bicyclic) bond motifs is 5. The standard InChI is InChI=1S/C28H37N3O/c1-27-12-10-19(17-30-26(32)20-4-3-5-20)16-21(27)6-7-22-23-8-9-25(31-15-14-29-18-31)28(23,2)13-11-24(22)27/h6,9,14-15,17-18,20,22-24H,3-5,7-8,10-13,16H2,1-2H3,(H,30,32)/b19-17+. The summed E-state index contributed by atoms with van der Waals surface area (Å²) in [6.07, 6.45) is 25.0. The monoisotopic (exact) mass is 431 g/mol. The van der Waals surface area contributed by atoms with Gasteiger partial charge in [-0.05, 0) is 86.5 Å². The minimum absolute atomic E-state index is 0.240. The molecule has 32 heavy (non-hydrogen) atoms. The fourth-order valence-electron chi connectivity index (χ4n) is 7.96. The van der Waals surface area contributed by atoms with Crippen LogP contribution in [0.25, 0.3) is 5.70 Å². The summed E-state index contributed by atoms with van der Waals surface area (Å²) >= 11 is 0. The number of rotatable bonds is 3. The van der Waals surface area contributed by atoms with E-state index in [1.807, 2.05) is 12.5 Å². The summed E-state index contributed by atoms with van der Waals surface area (Å²) in [5.74, 6) is 2.82. The Morgan fingerprint density at radius 1 is 1.12 bits per heavy atom. The van der Waals surface area contributed by atoms with E-state index in [4.69, 9.17) is 0 Å². The van der Waals surface area contributed by atoms with Crippen molar-refractivity contribution in [3.8, 4) is 0 Å². The molecule has 4 nitrogen and oxygen atoms in total. The first-order valence-electron chi connectivity index (χ1n) is 12.9. The fraction of sp³-hybridized carbons (Fsp3) is 0.643. The molecule has 5 unspecified atom stereocenters. The minimum Gasteiger partial charge on any atom is -0.332 e. The first kappa shape index (κ1) is 20.5. The van der Waals surface area contributed by atoms with E-state index in [0.29, 0.717) is 5.41 Å². The van der Waals surface area contributed by atoms with Crippen LogP contribution in [0.2, 0.25) is 0 Å². The third-order valence-electron chi connectivity index (χ3n) is 10.2. The number of hydrogen-bond donors (Lipinski definition) is 1. The Bertz CT molecular complexity index is 998. The van der Waals surface area contributed by atoms with Gasteiger partial charge < -0.3 is 9.88 Å². The van der Waals surface area contributed by atoms with Crippen molar-refractivity contribution in [1.82, 2.24) is 14.9 Å². The maximum Gasteiger partial charge on any atom is 0.227 e. The number of nitrogens with zero attached hydrogens (tertiary/aromatic N) is 2. The Hall–Kier alpha value is -2.10. The number of carbonyl (C=O) groups excluding carboxylic acids is 1. The van der Waals surface area contributed by atoms with Gasteiger partial charge in [0.05, 0.1) is 6.33 Å². The Morgan fingerprint density at radius 3 is 2.75 bits per heavy atom. The molecule has 1 amide bonds. The highest BCUT2D eigenvalue weighted by atomic mass is 16.1. The van der Waals surface area contributed by atoms with Crippen molar-refractivity contribution in [2.45, 2.75) is 78.1 Å². The zero-order valence-electron chi connectivity index (χ0n) is 19.6. The van der Waals surface area contributed by atoms with Crippen LogP contribution >= 0.6 is 0 Å². The summed E-state index contributed by atoms with van der Waals surface area (Å²) < 4.78 is 2.27. The predicted molar refractivity (Wildman–Crippen MR) is 127 cm³/mol. The molecule has 0 bridgehead atoms. The van der Waals surface area contributed by atoms with Crippen molar-refractivity contribution >= 4 is 11.6 Å². The normalized spacial score (nSPS) is 39.9. The molecule has 1 aromatic heterocycles. The van der Waals surface area contributed by atoms with Crippen LogP contribution in [0.4, 0.5) is 0 Å². The molecule has 1 aromatic rings. The van der Waals surface area contributed by atoms with Crippen LogP contribution in [0.5, 0.6) is 0 Å². The SMILES string of the molecule is CC12CC/C(=C\NC(=O)C3CCC3)CC1=CCC1C2CCC2(C)C(n3ccnc3)=CCC12. The van der Waals surface area contributed by atoms with Crippen LogP contribution in [0.15, 0.2) is 48.2 Å². The van der Waals surface area contributed by atoms with Gasteiger partial charge in [0, 0.05) is 35.6 Å². The van der Waals surface area contributed by atoms with E-state index in [-0.39, 0.29) is 17.2 Å². The van der Waals surface area contributed by atoms with Crippen LogP contribution in [0.1, 0.15) is 78.1 Å². The predicted octanol–water partition coefficient (Wildman–Crippen LogP) is 6.10. The highest BCUT2D eigenvalue weighted by Crippen LogP contribution is 2.65. The molecule has 0 saturated heterocycles. The first-order chi connectivity index (χ1) is 15.5. The van der Waals surface area contributed by atoms with E-state index < -0.39 is 0 Å². The van der Waals surface area contributed by atoms with Crippen molar-refractivity contribution in [3.63, 3.8) is 0 Å². The van der Waals surface area contributed by atoms with E-state index in [9.17, 15) is 4.79 Å². The molecular formula is C28H37N3O. The van der Waals surface area contributed by atoms with Crippen LogP contribution in [0, 0.1) is 34.5 Å². The topological polar surface area (TPSA) is 46.9 Å². The van der Waals surface area contributed by atoms with Gasteiger partial charge in [0.15, 0.2) is 0 Å². The van der Waals surface area contributed by atoms with E-state index in [1.54, 1.807) is 5.57 Å². The molecule has 0 aliphatic heterocycles. The van der Waals surface area contributed by atoms with Gasteiger partial charge in [-0.1, -0.05) is 38.0 Å². The molecule has 5 aliphatic rings. The summed E-state index contributed by atoms with van der Waals surface area (Å²) in [5, 5.41) is 3.13. The summed E-state index contributed by atoms with van der Waals surface area (Å²) in [6, 6.07) is 0. The smallest absolute Gasteiger partial charge is 0.227 e. The number of allylic oxidation sites excluding steroid dienone is 5. The van der Waals surface area contributed by atoms with Crippen molar-refractivity contribution in [2.75, 3.05) is 0 Å². The molecule has 5 aliphatic carbocycles. The van der Waals surface area contributed by atoms with Gasteiger partial charge in [-0.25, -0.2) is 4.98 Å². The first-order valence-corrected chi connectivity index (χ1v) is 12.9. The molecule has 3 fully saturated rings. The van der Waals surface area contributed by atoms with Gasteiger partial charge in [0.1, 0.15) is 0 Å². The molecule has 1 heterocycles. The van der Waals surface area contributed by atoms with Gasteiger partial charge in [-0.2, -0.15) is 0 Å². The summed E-state index contributed by atoms with van der Waals surface area (Å²) in [6.45, 7) is 5.07. The second kappa shape index (κ2) is 7.46. The van der Waals surface area contributed by atoms with Gasteiger partial charge in [0.25, 0.3) is 0 Å². The molecule has 6 rings (SSSR count). The third-order valence-corrected chi connectivity index (χ3v) is 10.2. The average molecular weight is 432 g/mol. The van der Waals surface area contributed by atoms with Gasteiger partial charge in [-0.15, -0.1) is 0 Å². The van der Waals surface area contributed by atoms with Gasteiger partial charge in [0.2, 0.25) is 5.91 Å². The maximum atomic E-state index is 12.3. The molecule has 4 heteroatoms. The summed E-state index contributed by atoms with van der Waals surface area (Å²) in [5.41, 5.74) is 5.16. The number of nitrogens with one attached hydrogen (secondary N) is 1. The molecule has 170 valence electrons. The molecule has 0 spiro atoms. The molecule has 0 radical (unpaired) electrons. The zero-order valence-corrected chi connectivity index (χ0v) is 19.6. The molecule has 5 atom stereocenters. The molecule has 3 saturated carbocycles. The van der Waals surface area contributed by atoms with Crippen LogP contribution in [0.3, 0.4) is 0 Å². The fourth-order valence-corrected chi connectivity index (χ4v) is 7.96. The Balaban J connectivity index is 1.20. The average Bonchev–Trinajstić information content (AvgIpc) is 3.38. The second-order valence-corrected chi connectivity index (χ2v) is 11.6. The highest BCUT2D eigenvalue weighted by molar-refractivity contribution is 5.80. The molecular weight excluding hydrogens is 394 g/mol. The lowest BCUT2D eigenvalue weighted by Gasteiger charge is -2.57. The van der Waals surface area contributed by atoms with Crippen molar-refractivity contribution in [3.05, 3.63) is 48.2 Å².